The minimum Gasteiger partial charge on any atom is -0.494 e. The van der Waals surface area contributed by atoms with E-state index in [0.29, 0.717) is 25.4 Å². The zero-order chi connectivity index (χ0) is 17.9. The molecule has 134 valence electrons. The Hall–Kier alpha value is -2.74. The molecule has 0 bridgehead atoms. The molecule has 0 aliphatic carbocycles. The van der Waals surface area contributed by atoms with E-state index in [1.165, 1.54) is 6.20 Å². The zero-order valence-electron chi connectivity index (χ0n) is 14.5. The molecule has 1 aromatic carbocycles. The molecule has 0 radical (unpaired) electrons. The lowest BCUT2D eigenvalue weighted by Gasteiger charge is -2.34. The second-order valence-electron chi connectivity index (χ2n) is 5.93. The Bertz CT molecular complexity index is 906. The normalized spacial score (nSPS) is 14.7. The summed E-state index contributed by atoms with van der Waals surface area (Å²) in [6, 6.07) is 5.98. The molecule has 7 nitrogen and oxygen atoms in total. The standard InChI is InChI=1S/C18H19N5O2S/c1-2-25-13-3-4-14-16(11-13)26-18(21-14)23-9-7-22(8-10-23)17(24)15-12-19-5-6-20-15/h3-6,11-12H,2,7-10H2,1H3. The smallest absolute Gasteiger partial charge is 0.274 e. The highest BCUT2D eigenvalue weighted by Crippen LogP contribution is 2.32. The maximum Gasteiger partial charge on any atom is 0.274 e. The van der Waals surface area contributed by atoms with Gasteiger partial charge in [-0.3, -0.25) is 9.78 Å². The summed E-state index contributed by atoms with van der Waals surface area (Å²) in [5, 5.41) is 0.986. The number of anilines is 1. The number of rotatable bonds is 4. The predicted octanol–water partition coefficient (Wildman–Crippen LogP) is 2.45. The van der Waals surface area contributed by atoms with E-state index in [-0.39, 0.29) is 5.91 Å². The van der Waals surface area contributed by atoms with Gasteiger partial charge in [0.15, 0.2) is 5.13 Å². The van der Waals surface area contributed by atoms with Crippen LogP contribution < -0.4 is 9.64 Å². The molecule has 0 spiro atoms. The van der Waals surface area contributed by atoms with Crippen LogP contribution in [0.4, 0.5) is 5.13 Å². The van der Waals surface area contributed by atoms with E-state index < -0.39 is 0 Å². The van der Waals surface area contributed by atoms with Crippen LogP contribution in [-0.4, -0.2) is 58.5 Å². The first-order chi connectivity index (χ1) is 12.7. The van der Waals surface area contributed by atoms with Crippen molar-refractivity contribution in [1.29, 1.82) is 0 Å². The van der Waals surface area contributed by atoms with Gasteiger partial charge in [-0.2, -0.15) is 0 Å². The molecule has 0 unspecified atom stereocenters. The highest BCUT2D eigenvalue weighted by molar-refractivity contribution is 7.22. The van der Waals surface area contributed by atoms with Gasteiger partial charge in [-0.1, -0.05) is 11.3 Å². The van der Waals surface area contributed by atoms with Gasteiger partial charge in [-0.05, 0) is 25.1 Å². The number of fused-ring (bicyclic) bond motifs is 1. The third kappa shape index (κ3) is 3.32. The average Bonchev–Trinajstić information content (AvgIpc) is 3.12. The number of carbonyl (C=O) groups is 1. The van der Waals surface area contributed by atoms with Gasteiger partial charge in [0.25, 0.3) is 5.91 Å². The highest BCUT2D eigenvalue weighted by Gasteiger charge is 2.24. The fourth-order valence-corrected chi connectivity index (χ4v) is 4.00. The van der Waals surface area contributed by atoms with E-state index in [4.69, 9.17) is 9.72 Å². The Balaban J connectivity index is 1.44. The Kier molecular flexibility index (Phi) is 4.66. The van der Waals surface area contributed by atoms with Crippen molar-refractivity contribution in [3.63, 3.8) is 0 Å². The summed E-state index contributed by atoms with van der Waals surface area (Å²) in [5.74, 6) is 0.804. The number of benzene rings is 1. The Morgan fingerprint density at radius 2 is 2.08 bits per heavy atom. The van der Waals surface area contributed by atoms with Crippen molar-refractivity contribution < 1.29 is 9.53 Å². The van der Waals surface area contributed by atoms with Gasteiger partial charge in [-0.25, -0.2) is 9.97 Å². The molecule has 3 heterocycles. The summed E-state index contributed by atoms with van der Waals surface area (Å²) >= 11 is 1.66. The number of hydrogen-bond acceptors (Lipinski definition) is 7. The van der Waals surface area contributed by atoms with Gasteiger partial charge in [0.05, 0.1) is 23.0 Å². The van der Waals surface area contributed by atoms with Crippen LogP contribution in [-0.2, 0) is 0 Å². The van der Waals surface area contributed by atoms with Crippen LogP contribution in [0.2, 0.25) is 0 Å². The van der Waals surface area contributed by atoms with Gasteiger partial charge in [0.2, 0.25) is 0 Å². The van der Waals surface area contributed by atoms with Crippen LogP contribution in [0.15, 0.2) is 36.8 Å². The molecular weight excluding hydrogens is 350 g/mol. The minimum atomic E-state index is -0.0663. The highest BCUT2D eigenvalue weighted by atomic mass is 32.1. The first-order valence-corrected chi connectivity index (χ1v) is 9.40. The maximum atomic E-state index is 12.5. The van der Waals surface area contributed by atoms with Crippen molar-refractivity contribution in [3.05, 3.63) is 42.5 Å². The number of nitrogens with zero attached hydrogens (tertiary/aromatic N) is 5. The Morgan fingerprint density at radius 3 is 2.81 bits per heavy atom. The number of hydrogen-bond donors (Lipinski definition) is 0. The molecule has 1 aliphatic rings. The molecule has 0 saturated carbocycles. The summed E-state index contributed by atoms with van der Waals surface area (Å²) in [5.41, 5.74) is 1.37. The summed E-state index contributed by atoms with van der Waals surface area (Å²) in [6.45, 7) is 5.43. The zero-order valence-corrected chi connectivity index (χ0v) is 15.3. The second-order valence-corrected chi connectivity index (χ2v) is 6.94. The molecule has 0 atom stereocenters. The SMILES string of the molecule is CCOc1ccc2nc(N3CCN(C(=O)c4cnccn4)CC3)sc2c1. The van der Waals surface area contributed by atoms with Crippen LogP contribution in [0.5, 0.6) is 5.75 Å². The van der Waals surface area contributed by atoms with Crippen molar-refractivity contribution in [3.8, 4) is 5.75 Å². The van der Waals surface area contributed by atoms with Gasteiger partial charge >= 0.3 is 0 Å². The Labute approximate surface area is 155 Å². The fourth-order valence-electron chi connectivity index (χ4n) is 2.96. The lowest BCUT2D eigenvalue weighted by molar-refractivity contribution is 0.0740. The van der Waals surface area contributed by atoms with Gasteiger partial charge in [-0.15, -0.1) is 0 Å². The second kappa shape index (κ2) is 7.25. The van der Waals surface area contributed by atoms with E-state index in [0.717, 1.165) is 34.2 Å². The molecule has 26 heavy (non-hydrogen) atoms. The number of piperazine rings is 1. The molecule has 1 amide bonds. The molecule has 4 rings (SSSR count). The largest absolute Gasteiger partial charge is 0.494 e. The third-order valence-corrected chi connectivity index (χ3v) is 5.36. The van der Waals surface area contributed by atoms with Crippen molar-refractivity contribution in [2.24, 2.45) is 0 Å². The van der Waals surface area contributed by atoms with Gasteiger partial charge < -0.3 is 14.5 Å². The molecule has 2 aromatic heterocycles. The first kappa shape index (κ1) is 16.7. The molecule has 8 heteroatoms. The van der Waals surface area contributed by atoms with Crippen LogP contribution in [0.25, 0.3) is 10.2 Å². The van der Waals surface area contributed by atoms with E-state index in [9.17, 15) is 4.79 Å². The van der Waals surface area contributed by atoms with Crippen molar-refractivity contribution >= 4 is 32.6 Å². The molecule has 0 N–H and O–H groups in total. The monoisotopic (exact) mass is 369 g/mol. The van der Waals surface area contributed by atoms with Crippen molar-refractivity contribution in [2.45, 2.75) is 6.92 Å². The van der Waals surface area contributed by atoms with E-state index in [2.05, 4.69) is 14.9 Å². The number of aromatic nitrogens is 3. The van der Waals surface area contributed by atoms with E-state index in [1.54, 1.807) is 23.7 Å². The van der Waals surface area contributed by atoms with E-state index >= 15 is 0 Å². The molecular formula is C18H19N5O2S. The van der Waals surface area contributed by atoms with Crippen LogP contribution >= 0.6 is 11.3 Å². The minimum absolute atomic E-state index is 0.0663. The summed E-state index contributed by atoms with van der Waals surface area (Å²) < 4.78 is 6.68. The quantitative estimate of drug-likeness (QED) is 0.703. The summed E-state index contributed by atoms with van der Waals surface area (Å²) in [4.78, 5) is 29.3. The van der Waals surface area contributed by atoms with Crippen LogP contribution in [0.1, 0.15) is 17.4 Å². The number of ether oxygens (including phenoxy) is 1. The topological polar surface area (TPSA) is 71.5 Å². The predicted molar refractivity (Wildman–Crippen MR) is 101 cm³/mol. The molecule has 3 aromatic rings. The molecule has 1 aliphatic heterocycles. The number of amides is 1. The van der Waals surface area contributed by atoms with Crippen molar-refractivity contribution in [1.82, 2.24) is 19.9 Å². The number of thiazole rings is 1. The lowest BCUT2D eigenvalue weighted by Crippen LogP contribution is -2.49. The van der Waals surface area contributed by atoms with E-state index in [1.807, 2.05) is 30.0 Å². The molecule has 1 saturated heterocycles. The van der Waals surface area contributed by atoms with Gasteiger partial charge in [0, 0.05) is 38.6 Å². The summed E-state index contributed by atoms with van der Waals surface area (Å²) in [7, 11) is 0. The van der Waals surface area contributed by atoms with Crippen LogP contribution in [0, 0.1) is 0 Å². The maximum absolute atomic E-state index is 12.5. The lowest BCUT2D eigenvalue weighted by atomic mass is 10.3. The summed E-state index contributed by atoms with van der Waals surface area (Å²) in [6.07, 6.45) is 4.62. The first-order valence-electron chi connectivity index (χ1n) is 8.58. The fraction of sp³-hybridized carbons (Fsp3) is 0.333. The average molecular weight is 369 g/mol. The third-order valence-electron chi connectivity index (χ3n) is 4.28. The van der Waals surface area contributed by atoms with Crippen LogP contribution in [0.3, 0.4) is 0 Å². The van der Waals surface area contributed by atoms with Gasteiger partial charge in [0.1, 0.15) is 11.4 Å². The molecule has 1 fully saturated rings. The Morgan fingerprint density at radius 1 is 1.23 bits per heavy atom. The van der Waals surface area contributed by atoms with Crippen molar-refractivity contribution in [2.75, 3.05) is 37.7 Å². The number of carbonyl (C=O) groups excluding carboxylic acids is 1.